The van der Waals surface area contributed by atoms with Crippen molar-refractivity contribution in [3.05, 3.63) is 113 Å². The van der Waals surface area contributed by atoms with Crippen molar-refractivity contribution >= 4 is 22.2 Å². The number of methoxy groups -OCH3 is 1. The van der Waals surface area contributed by atoms with E-state index < -0.39 is 0 Å². The van der Waals surface area contributed by atoms with Crippen LogP contribution in [-0.4, -0.2) is 19.0 Å². The third-order valence-electron chi connectivity index (χ3n) is 7.69. The lowest BCUT2D eigenvalue weighted by Gasteiger charge is -2.28. The lowest BCUT2D eigenvalue weighted by Crippen LogP contribution is -2.23. The van der Waals surface area contributed by atoms with Gasteiger partial charge in [0.05, 0.1) is 7.11 Å². The maximum atomic E-state index is 12.5. The summed E-state index contributed by atoms with van der Waals surface area (Å²) in [6, 6.07) is 29.7. The van der Waals surface area contributed by atoms with Crippen LogP contribution in [0.25, 0.3) is 10.8 Å². The summed E-state index contributed by atoms with van der Waals surface area (Å²) >= 11 is 0. The molecule has 0 atom stereocenters. The van der Waals surface area contributed by atoms with Crippen LogP contribution in [0.1, 0.15) is 36.5 Å². The van der Waals surface area contributed by atoms with Crippen LogP contribution in [0.15, 0.2) is 96.2 Å². The predicted molar refractivity (Wildman–Crippen MR) is 148 cm³/mol. The number of benzene rings is 4. The molecule has 0 spiro atoms. The first-order valence-corrected chi connectivity index (χ1v) is 13.0. The molecule has 4 nitrogen and oxygen atoms in total. The van der Waals surface area contributed by atoms with Gasteiger partial charge < -0.3 is 14.4 Å². The molecule has 186 valence electrons. The van der Waals surface area contributed by atoms with Crippen molar-refractivity contribution in [2.24, 2.45) is 0 Å². The van der Waals surface area contributed by atoms with Gasteiger partial charge in [-0.2, -0.15) is 0 Å². The van der Waals surface area contributed by atoms with E-state index in [2.05, 4.69) is 83.8 Å². The molecule has 0 unspecified atom stereocenters. The lowest BCUT2D eigenvalue weighted by atomic mass is 10.1. The molecule has 37 heavy (non-hydrogen) atoms. The Morgan fingerprint density at radius 3 is 2.24 bits per heavy atom. The number of hydrogen-bond donors (Lipinski definition) is 0. The second-order valence-electron chi connectivity index (χ2n) is 10.0. The second-order valence-corrected chi connectivity index (χ2v) is 10.0. The van der Waals surface area contributed by atoms with Gasteiger partial charge in [-0.3, -0.25) is 4.79 Å². The summed E-state index contributed by atoms with van der Waals surface area (Å²) in [6.45, 7) is 2.63. The number of fused-ring (bicyclic) bond motifs is 2. The molecule has 0 bridgehead atoms. The van der Waals surface area contributed by atoms with E-state index in [1.807, 2.05) is 13.0 Å². The van der Waals surface area contributed by atoms with Crippen LogP contribution in [0.4, 0.5) is 5.69 Å². The van der Waals surface area contributed by atoms with Crippen molar-refractivity contribution < 1.29 is 14.3 Å². The molecular formula is C33H31NO3. The van der Waals surface area contributed by atoms with Crippen LogP contribution < -0.4 is 14.4 Å². The number of anilines is 1. The fourth-order valence-corrected chi connectivity index (χ4v) is 5.67. The highest BCUT2D eigenvalue weighted by molar-refractivity contribution is 5.99. The van der Waals surface area contributed by atoms with E-state index >= 15 is 0 Å². The van der Waals surface area contributed by atoms with Gasteiger partial charge in [0.15, 0.2) is 17.3 Å². The minimum absolute atomic E-state index is 0.0736. The molecule has 2 aliphatic carbocycles. The molecular weight excluding hydrogens is 458 g/mol. The number of ether oxygens (including phenoxy) is 2. The Balaban J connectivity index is 1.35. The molecule has 0 amide bonds. The zero-order chi connectivity index (χ0) is 25.4. The van der Waals surface area contributed by atoms with Crippen LogP contribution in [0, 0.1) is 0 Å². The van der Waals surface area contributed by atoms with Crippen molar-refractivity contribution in [3.8, 4) is 11.5 Å². The maximum absolute atomic E-state index is 12.5. The molecule has 0 saturated carbocycles. The second kappa shape index (κ2) is 9.78. The summed E-state index contributed by atoms with van der Waals surface area (Å²) in [7, 11) is 1.68. The monoisotopic (exact) mass is 489 g/mol. The third-order valence-corrected chi connectivity index (χ3v) is 7.69. The van der Waals surface area contributed by atoms with Crippen molar-refractivity contribution in [1.82, 2.24) is 0 Å². The van der Waals surface area contributed by atoms with Gasteiger partial charge in [0.2, 0.25) is 0 Å². The standard InChI is InChI=1S/C33H31NO3/c1-22-30(14-15-31(22)35)34(21-23-11-12-24-7-3-4-8-25(24)17-23)28-13-16-32(36-2)33(20-28)37-29-18-26-9-5-6-10-27(26)19-29/h3-13,16-17,20,29H,14-15,18-19,21H2,1-2H3. The molecule has 0 heterocycles. The number of carbonyl (C=O) groups is 1. The van der Waals surface area contributed by atoms with Crippen LogP contribution in [0.3, 0.4) is 0 Å². The smallest absolute Gasteiger partial charge is 0.163 e. The summed E-state index contributed by atoms with van der Waals surface area (Å²) in [5.74, 6) is 1.69. The fourth-order valence-electron chi connectivity index (χ4n) is 5.67. The van der Waals surface area contributed by atoms with Gasteiger partial charge >= 0.3 is 0 Å². The van der Waals surface area contributed by atoms with E-state index in [1.165, 1.54) is 27.5 Å². The van der Waals surface area contributed by atoms with Gasteiger partial charge in [-0.15, -0.1) is 0 Å². The Labute approximate surface area is 218 Å². The number of carbonyl (C=O) groups excluding carboxylic acids is 1. The highest BCUT2D eigenvalue weighted by Gasteiger charge is 2.27. The minimum Gasteiger partial charge on any atom is -0.493 e. The Morgan fingerprint density at radius 1 is 0.811 bits per heavy atom. The number of nitrogens with zero attached hydrogens (tertiary/aromatic N) is 1. The van der Waals surface area contributed by atoms with Gasteiger partial charge in [0, 0.05) is 48.8 Å². The molecule has 0 radical (unpaired) electrons. The van der Waals surface area contributed by atoms with Gasteiger partial charge in [-0.25, -0.2) is 0 Å². The summed E-state index contributed by atoms with van der Waals surface area (Å²) in [6.07, 6.45) is 3.17. The molecule has 4 heteroatoms. The Bertz CT molecular complexity index is 1490. The van der Waals surface area contributed by atoms with Crippen molar-refractivity contribution in [2.75, 3.05) is 12.0 Å². The average molecular weight is 490 g/mol. The molecule has 0 saturated heterocycles. The first-order valence-electron chi connectivity index (χ1n) is 13.0. The van der Waals surface area contributed by atoms with Crippen molar-refractivity contribution in [1.29, 1.82) is 0 Å². The summed E-state index contributed by atoms with van der Waals surface area (Å²) in [5.41, 5.74) is 6.84. The van der Waals surface area contributed by atoms with Crippen LogP contribution >= 0.6 is 0 Å². The summed E-state index contributed by atoms with van der Waals surface area (Å²) in [4.78, 5) is 14.8. The Morgan fingerprint density at radius 2 is 1.54 bits per heavy atom. The zero-order valence-electron chi connectivity index (χ0n) is 21.4. The van der Waals surface area contributed by atoms with Crippen molar-refractivity contribution in [3.63, 3.8) is 0 Å². The van der Waals surface area contributed by atoms with Crippen LogP contribution in [-0.2, 0) is 24.2 Å². The number of rotatable bonds is 7. The average Bonchev–Trinajstić information content (AvgIpc) is 3.49. The highest BCUT2D eigenvalue weighted by atomic mass is 16.5. The van der Waals surface area contributed by atoms with Gasteiger partial charge in [-0.1, -0.05) is 60.7 Å². The highest BCUT2D eigenvalue weighted by Crippen LogP contribution is 2.39. The van der Waals surface area contributed by atoms with E-state index in [4.69, 9.17) is 9.47 Å². The quantitative estimate of drug-likeness (QED) is 0.279. The molecule has 0 aromatic heterocycles. The van der Waals surface area contributed by atoms with Crippen molar-refractivity contribution in [2.45, 2.75) is 45.3 Å². The maximum Gasteiger partial charge on any atom is 0.163 e. The summed E-state index contributed by atoms with van der Waals surface area (Å²) in [5, 5.41) is 2.44. The molecule has 0 fully saturated rings. The normalized spacial score (nSPS) is 15.4. The fraction of sp³-hybridized carbons (Fsp3) is 0.242. The first-order chi connectivity index (χ1) is 18.1. The van der Waals surface area contributed by atoms with Gasteiger partial charge in [-0.05, 0) is 59.0 Å². The number of allylic oxidation sites excluding steroid dienone is 2. The van der Waals surface area contributed by atoms with E-state index in [0.717, 1.165) is 47.7 Å². The number of ketones is 1. The van der Waals surface area contributed by atoms with E-state index in [0.29, 0.717) is 13.0 Å². The van der Waals surface area contributed by atoms with E-state index in [1.54, 1.807) is 7.11 Å². The Hall–Kier alpha value is -4.05. The third kappa shape index (κ3) is 4.60. The zero-order valence-corrected chi connectivity index (χ0v) is 21.4. The molecule has 4 aromatic rings. The van der Waals surface area contributed by atoms with Crippen LogP contribution in [0.5, 0.6) is 11.5 Å². The van der Waals surface area contributed by atoms with E-state index in [-0.39, 0.29) is 11.9 Å². The molecule has 2 aliphatic rings. The van der Waals surface area contributed by atoms with Crippen LogP contribution in [0.2, 0.25) is 0 Å². The minimum atomic E-state index is 0.0736. The van der Waals surface area contributed by atoms with Gasteiger partial charge in [0.1, 0.15) is 6.10 Å². The molecule has 6 rings (SSSR count). The predicted octanol–water partition coefficient (Wildman–Crippen LogP) is 7.04. The van der Waals surface area contributed by atoms with Gasteiger partial charge in [0.25, 0.3) is 0 Å². The molecule has 4 aromatic carbocycles. The topological polar surface area (TPSA) is 38.8 Å². The first kappa shape index (κ1) is 23.4. The summed E-state index contributed by atoms with van der Waals surface area (Å²) < 4.78 is 12.2. The molecule has 0 N–H and O–H groups in total. The lowest BCUT2D eigenvalue weighted by molar-refractivity contribution is -0.114. The van der Waals surface area contributed by atoms with E-state index in [9.17, 15) is 4.79 Å². The number of Topliss-reactive ketones (excluding diaryl/α,β-unsaturated/α-hetero) is 1. The largest absolute Gasteiger partial charge is 0.493 e. The Kier molecular flexibility index (Phi) is 6.17. The SMILES string of the molecule is COc1ccc(N(Cc2ccc3ccccc3c2)C2=C(C)C(=O)CC2)cc1OC1Cc2ccccc2C1. The molecule has 0 aliphatic heterocycles. The number of hydrogen-bond acceptors (Lipinski definition) is 4.